The summed E-state index contributed by atoms with van der Waals surface area (Å²) < 4.78 is 62.7. The average Bonchev–Trinajstić information content (AvgIpc) is 2.49. The molecule has 114 valence electrons. The molecule has 0 saturated carbocycles. The summed E-state index contributed by atoms with van der Waals surface area (Å²) in [6, 6.07) is 1.94. The Hall–Kier alpha value is -1.22. The summed E-state index contributed by atoms with van der Waals surface area (Å²) in [5.74, 6) is -0.0991. The highest BCUT2D eigenvalue weighted by Gasteiger charge is 2.37. The van der Waals surface area contributed by atoms with Crippen LogP contribution in [0.3, 0.4) is 0 Å². The maximum absolute atomic E-state index is 12.9. The molecule has 0 unspecified atom stereocenters. The Morgan fingerprint density at radius 3 is 2.67 bits per heavy atom. The van der Waals surface area contributed by atoms with Gasteiger partial charge in [-0.15, -0.1) is 11.8 Å². The van der Waals surface area contributed by atoms with Gasteiger partial charge in [0.15, 0.2) is 9.84 Å². The third-order valence-corrected chi connectivity index (χ3v) is 6.04. The quantitative estimate of drug-likeness (QED) is 0.791. The largest absolute Gasteiger partial charge is 0.416 e. The molecule has 0 spiro atoms. The minimum absolute atomic E-state index is 0.118. The Balaban J connectivity index is 2.25. The van der Waals surface area contributed by atoms with Crippen molar-refractivity contribution in [1.29, 1.82) is 5.41 Å². The number of nitrogens with zero attached hydrogens (tertiary/aromatic N) is 1. The zero-order chi connectivity index (χ0) is 15.4. The van der Waals surface area contributed by atoms with Gasteiger partial charge in [-0.3, -0.25) is 5.41 Å². The number of thioether (sulfide) groups is 1. The summed E-state index contributed by atoms with van der Waals surface area (Å²) in [6.45, 7) is 0.118. The smallest absolute Gasteiger partial charge is 0.327 e. The molecule has 2 aliphatic heterocycles. The topological polar surface area (TPSA) is 61.2 Å². The molecule has 0 aliphatic carbocycles. The highest BCUT2D eigenvalue weighted by Crippen LogP contribution is 2.44. The van der Waals surface area contributed by atoms with Crippen LogP contribution in [0.15, 0.2) is 17.0 Å². The Morgan fingerprint density at radius 2 is 2.00 bits per heavy atom. The van der Waals surface area contributed by atoms with Gasteiger partial charge in [0.2, 0.25) is 0 Å². The van der Waals surface area contributed by atoms with Crippen molar-refractivity contribution in [1.82, 2.24) is 0 Å². The minimum Gasteiger partial charge on any atom is -0.327 e. The van der Waals surface area contributed by atoms with Gasteiger partial charge >= 0.3 is 6.18 Å². The predicted octanol–water partition coefficient (Wildman–Crippen LogP) is 2.52. The van der Waals surface area contributed by atoms with Crippen molar-refractivity contribution in [3.63, 3.8) is 0 Å². The molecule has 0 aromatic heterocycles. The highest BCUT2D eigenvalue weighted by atomic mass is 32.2. The van der Waals surface area contributed by atoms with Gasteiger partial charge in [0.1, 0.15) is 5.84 Å². The normalized spacial score (nSPS) is 20.9. The third kappa shape index (κ3) is 2.64. The van der Waals surface area contributed by atoms with Crippen molar-refractivity contribution in [2.45, 2.75) is 16.8 Å². The monoisotopic (exact) mass is 336 g/mol. The Bertz CT molecular complexity index is 729. The van der Waals surface area contributed by atoms with E-state index in [0.29, 0.717) is 10.6 Å². The van der Waals surface area contributed by atoms with Crippen molar-refractivity contribution in [2.75, 3.05) is 23.0 Å². The minimum atomic E-state index is -4.52. The molecule has 9 heteroatoms. The molecule has 1 aromatic rings. The SMILES string of the molecule is N=C1CSc2cc(C(F)(F)F)cc3c2N1CCS(=O)(=O)C3. The number of benzene rings is 1. The first kappa shape index (κ1) is 14.7. The second-order valence-corrected chi connectivity index (χ2v) is 8.16. The first-order chi connectivity index (χ1) is 9.67. The van der Waals surface area contributed by atoms with Crippen molar-refractivity contribution in [3.05, 3.63) is 23.3 Å². The lowest BCUT2D eigenvalue weighted by molar-refractivity contribution is -0.137. The van der Waals surface area contributed by atoms with Crippen LogP contribution >= 0.6 is 11.8 Å². The van der Waals surface area contributed by atoms with E-state index in [4.69, 9.17) is 5.41 Å². The van der Waals surface area contributed by atoms with Crippen LogP contribution in [0, 0.1) is 5.41 Å². The lowest BCUT2D eigenvalue weighted by atomic mass is 10.1. The summed E-state index contributed by atoms with van der Waals surface area (Å²) in [6.07, 6.45) is -4.52. The molecule has 2 aliphatic rings. The summed E-state index contributed by atoms with van der Waals surface area (Å²) in [7, 11) is -3.47. The number of anilines is 1. The fourth-order valence-electron chi connectivity index (χ4n) is 2.50. The van der Waals surface area contributed by atoms with Gasteiger partial charge in [0.25, 0.3) is 0 Å². The van der Waals surface area contributed by atoms with Crippen LogP contribution in [0.5, 0.6) is 0 Å². The van der Waals surface area contributed by atoms with Gasteiger partial charge in [0.05, 0.1) is 28.5 Å². The second kappa shape index (κ2) is 4.64. The summed E-state index contributed by atoms with van der Waals surface area (Å²) in [5, 5.41) is 7.90. The van der Waals surface area contributed by atoms with E-state index in [1.807, 2.05) is 0 Å². The fraction of sp³-hybridized carbons (Fsp3) is 0.417. The van der Waals surface area contributed by atoms with E-state index in [-0.39, 0.29) is 29.4 Å². The Kier molecular flexibility index (Phi) is 3.25. The van der Waals surface area contributed by atoms with Crippen LogP contribution in [0.2, 0.25) is 0 Å². The fourth-order valence-corrected chi connectivity index (χ4v) is 4.84. The van der Waals surface area contributed by atoms with Gasteiger partial charge in [-0.05, 0) is 17.7 Å². The van der Waals surface area contributed by atoms with Gasteiger partial charge in [-0.25, -0.2) is 8.42 Å². The lowest BCUT2D eigenvalue weighted by Crippen LogP contribution is -2.37. The van der Waals surface area contributed by atoms with Crippen LogP contribution < -0.4 is 4.90 Å². The van der Waals surface area contributed by atoms with Gasteiger partial charge in [0, 0.05) is 11.4 Å². The molecule has 1 aromatic carbocycles. The maximum atomic E-state index is 12.9. The van der Waals surface area contributed by atoms with Crippen molar-refractivity contribution in [2.24, 2.45) is 0 Å². The van der Waals surface area contributed by atoms with Crippen LogP contribution in [0.4, 0.5) is 18.9 Å². The molecule has 0 saturated heterocycles. The van der Waals surface area contributed by atoms with Crippen LogP contribution in [-0.2, 0) is 21.8 Å². The van der Waals surface area contributed by atoms with Gasteiger partial charge in [-0.1, -0.05) is 0 Å². The zero-order valence-electron chi connectivity index (χ0n) is 10.7. The van der Waals surface area contributed by atoms with Gasteiger partial charge in [-0.2, -0.15) is 13.2 Å². The Morgan fingerprint density at radius 1 is 1.29 bits per heavy atom. The third-order valence-electron chi connectivity index (χ3n) is 3.44. The van der Waals surface area contributed by atoms with E-state index in [1.54, 1.807) is 0 Å². The summed E-state index contributed by atoms with van der Waals surface area (Å²) >= 11 is 1.14. The molecule has 0 bridgehead atoms. The standard InChI is InChI=1S/C12H11F3N2O2S2/c13-12(14,15)8-3-7-6-21(18,19)2-1-17-10(16)5-20-9(4-8)11(7)17/h3-4,16H,1-2,5-6H2. The van der Waals surface area contributed by atoms with Crippen molar-refractivity contribution < 1.29 is 21.6 Å². The van der Waals surface area contributed by atoms with E-state index < -0.39 is 27.3 Å². The zero-order valence-corrected chi connectivity index (χ0v) is 12.3. The molecular weight excluding hydrogens is 325 g/mol. The molecule has 2 heterocycles. The lowest BCUT2D eigenvalue weighted by Gasteiger charge is -2.31. The first-order valence-corrected chi connectivity index (χ1v) is 8.90. The highest BCUT2D eigenvalue weighted by molar-refractivity contribution is 8.00. The number of halogens is 3. The molecule has 0 radical (unpaired) electrons. The summed E-state index contributed by atoms with van der Waals surface area (Å²) in [4.78, 5) is 1.92. The average molecular weight is 336 g/mol. The number of nitrogens with one attached hydrogen (secondary N) is 1. The van der Waals surface area contributed by atoms with Gasteiger partial charge < -0.3 is 4.90 Å². The summed E-state index contributed by atoms with van der Waals surface area (Å²) in [5.41, 5.74) is -0.256. The molecule has 0 atom stereocenters. The van der Waals surface area contributed by atoms with E-state index in [9.17, 15) is 21.6 Å². The number of hydrogen-bond donors (Lipinski definition) is 1. The van der Waals surface area contributed by atoms with Crippen LogP contribution in [0.1, 0.15) is 11.1 Å². The van der Waals surface area contributed by atoms with E-state index in [1.165, 1.54) is 4.90 Å². The van der Waals surface area contributed by atoms with Crippen molar-refractivity contribution in [3.8, 4) is 0 Å². The molecule has 21 heavy (non-hydrogen) atoms. The first-order valence-electron chi connectivity index (χ1n) is 6.10. The number of alkyl halides is 3. The number of sulfone groups is 1. The molecular formula is C12H11F3N2O2S2. The number of amidine groups is 1. The molecule has 4 nitrogen and oxygen atoms in total. The van der Waals surface area contributed by atoms with E-state index >= 15 is 0 Å². The molecule has 3 rings (SSSR count). The predicted molar refractivity (Wildman–Crippen MR) is 74.7 cm³/mol. The van der Waals surface area contributed by atoms with Crippen molar-refractivity contribution >= 4 is 33.1 Å². The van der Waals surface area contributed by atoms with E-state index in [0.717, 1.165) is 23.9 Å². The molecule has 0 fully saturated rings. The second-order valence-electron chi connectivity index (χ2n) is 4.96. The Labute approximate surface area is 123 Å². The molecule has 0 amide bonds. The molecule has 1 N–H and O–H groups in total. The maximum Gasteiger partial charge on any atom is 0.416 e. The number of rotatable bonds is 0. The van der Waals surface area contributed by atoms with Crippen LogP contribution in [0.25, 0.3) is 0 Å². The van der Waals surface area contributed by atoms with E-state index in [2.05, 4.69) is 0 Å². The number of hydrogen-bond acceptors (Lipinski definition) is 4. The van der Waals surface area contributed by atoms with Crippen LogP contribution in [-0.4, -0.2) is 32.3 Å².